The Morgan fingerprint density at radius 1 is 1.33 bits per heavy atom. The fourth-order valence-electron chi connectivity index (χ4n) is 2.91. The molecule has 2 heteroatoms. The van der Waals surface area contributed by atoms with Crippen LogP contribution in [-0.2, 0) is 4.79 Å². The zero-order valence-corrected chi connectivity index (χ0v) is 7.92. The van der Waals surface area contributed by atoms with Crippen molar-refractivity contribution in [2.24, 2.45) is 22.7 Å². The Morgan fingerprint density at radius 2 is 1.83 bits per heavy atom. The topological polar surface area (TPSA) is 37.3 Å². The normalized spacial score (nSPS) is 40.6. The molecule has 0 spiro atoms. The number of rotatable bonds is 2. The van der Waals surface area contributed by atoms with Crippen molar-refractivity contribution in [1.82, 2.24) is 0 Å². The minimum atomic E-state index is -0.599. The van der Waals surface area contributed by atoms with Gasteiger partial charge in [0.2, 0.25) is 0 Å². The van der Waals surface area contributed by atoms with Crippen LogP contribution in [0.1, 0.15) is 33.6 Å². The third-order valence-corrected chi connectivity index (χ3v) is 3.88. The Morgan fingerprint density at radius 3 is 2.08 bits per heavy atom. The largest absolute Gasteiger partial charge is 0.481 e. The van der Waals surface area contributed by atoms with Crippen LogP contribution in [-0.4, -0.2) is 11.1 Å². The summed E-state index contributed by atoms with van der Waals surface area (Å²) in [5.74, 6) is -0.245. The maximum Gasteiger partial charge on any atom is 0.307 e. The highest BCUT2D eigenvalue weighted by atomic mass is 16.4. The van der Waals surface area contributed by atoms with Crippen molar-refractivity contribution in [1.29, 1.82) is 0 Å². The molecule has 2 fully saturated rings. The van der Waals surface area contributed by atoms with Crippen LogP contribution in [0, 0.1) is 22.7 Å². The summed E-state index contributed by atoms with van der Waals surface area (Å²) in [4.78, 5) is 10.9. The summed E-state index contributed by atoms with van der Waals surface area (Å²) < 4.78 is 0. The van der Waals surface area contributed by atoms with Crippen molar-refractivity contribution >= 4 is 5.97 Å². The van der Waals surface area contributed by atoms with Gasteiger partial charge in [-0.05, 0) is 29.6 Å². The van der Waals surface area contributed by atoms with E-state index in [1.165, 1.54) is 12.8 Å². The molecule has 2 atom stereocenters. The zero-order valence-electron chi connectivity index (χ0n) is 7.92. The average Bonchev–Trinajstić information content (AvgIpc) is 2.71. The van der Waals surface area contributed by atoms with Crippen molar-refractivity contribution in [3.8, 4) is 0 Å². The lowest BCUT2D eigenvalue weighted by atomic mass is 9.96. The van der Waals surface area contributed by atoms with Gasteiger partial charge in [0.05, 0.1) is 5.92 Å². The fourth-order valence-corrected chi connectivity index (χ4v) is 2.91. The number of hydrogen-bond donors (Lipinski definition) is 1. The predicted octanol–water partition coefficient (Wildman–Crippen LogP) is 2.14. The molecular formula is C10H16O2. The van der Waals surface area contributed by atoms with Crippen LogP contribution in [0.4, 0.5) is 0 Å². The lowest BCUT2D eigenvalue weighted by Gasteiger charge is -2.08. The average molecular weight is 168 g/mol. The van der Waals surface area contributed by atoms with E-state index in [1.807, 2.05) is 0 Å². The maximum absolute atomic E-state index is 10.9. The molecule has 0 aromatic carbocycles. The lowest BCUT2D eigenvalue weighted by Crippen LogP contribution is -2.05. The van der Waals surface area contributed by atoms with E-state index in [-0.39, 0.29) is 11.3 Å². The van der Waals surface area contributed by atoms with E-state index in [9.17, 15) is 4.79 Å². The summed E-state index contributed by atoms with van der Waals surface area (Å²) in [7, 11) is 0. The Bertz CT molecular complexity index is 238. The minimum absolute atomic E-state index is 0.0527. The van der Waals surface area contributed by atoms with Crippen LogP contribution in [0.15, 0.2) is 0 Å². The molecule has 2 unspecified atom stereocenters. The van der Waals surface area contributed by atoms with Gasteiger partial charge < -0.3 is 5.11 Å². The van der Waals surface area contributed by atoms with Gasteiger partial charge in [-0.3, -0.25) is 4.79 Å². The molecule has 2 aliphatic carbocycles. The first-order valence-corrected chi connectivity index (χ1v) is 4.62. The van der Waals surface area contributed by atoms with Gasteiger partial charge in [0, 0.05) is 0 Å². The highest BCUT2D eigenvalue weighted by Crippen LogP contribution is 2.73. The van der Waals surface area contributed by atoms with Crippen LogP contribution >= 0.6 is 0 Å². The maximum atomic E-state index is 10.9. The molecule has 0 bridgehead atoms. The summed E-state index contributed by atoms with van der Waals surface area (Å²) in [6.07, 6.45) is 2.45. The number of hydrogen-bond acceptors (Lipinski definition) is 1. The molecule has 2 saturated carbocycles. The minimum Gasteiger partial charge on any atom is -0.481 e. The lowest BCUT2D eigenvalue weighted by molar-refractivity contribution is -0.139. The Hall–Kier alpha value is -0.530. The fraction of sp³-hybridized carbons (Fsp3) is 0.900. The summed E-state index contributed by atoms with van der Waals surface area (Å²) in [5, 5.41) is 8.95. The van der Waals surface area contributed by atoms with Crippen molar-refractivity contribution in [3.63, 3.8) is 0 Å². The van der Waals surface area contributed by atoms with E-state index in [2.05, 4.69) is 20.8 Å². The number of carboxylic acid groups (broad SMARTS) is 1. The third-order valence-electron chi connectivity index (χ3n) is 3.88. The molecule has 2 nitrogen and oxygen atoms in total. The predicted molar refractivity (Wildman–Crippen MR) is 45.7 cm³/mol. The molecule has 2 aliphatic rings. The van der Waals surface area contributed by atoms with E-state index in [4.69, 9.17) is 5.11 Å². The second-order valence-corrected chi connectivity index (χ2v) is 5.27. The van der Waals surface area contributed by atoms with Gasteiger partial charge in [0.1, 0.15) is 0 Å². The molecule has 12 heavy (non-hydrogen) atoms. The zero-order chi connectivity index (χ0) is 9.15. The second kappa shape index (κ2) is 1.86. The molecule has 0 heterocycles. The standard InChI is InChI=1S/C10H16O2/c1-9(2)6(8(11)12)7(9)10(3)4-5-10/h6-7H,4-5H2,1-3H3,(H,11,12). The summed E-state index contributed by atoms with van der Waals surface area (Å²) >= 11 is 0. The highest BCUT2D eigenvalue weighted by molar-refractivity contribution is 5.76. The van der Waals surface area contributed by atoms with Gasteiger partial charge in [-0.25, -0.2) is 0 Å². The summed E-state index contributed by atoms with van der Waals surface area (Å²) in [5.41, 5.74) is 0.420. The van der Waals surface area contributed by atoms with Gasteiger partial charge >= 0.3 is 5.97 Å². The van der Waals surface area contributed by atoms with Gasteiger partial charge in [-0.15, -0.1) is 0 Å². The molecule has 0 saturated heterocycles. The van der Waals surface area contributed by atoms with Crippen molar-refractivity contribution < 1.29 is 9.90 Å². The number of carbonyl (C=O) groups is 1. The molecule has 0 radical (unpaired) electrons. The van der Waals surface area contributed by atoms with Crippen LogP contribution in [0.3, 0.4) is 0 Å². The number of aliphatic carboxylic acids is 1. The first kappa shape index (κ1) is 8.09. The van der Waals surface area contributed by atoms with E-state index in [0.717, 1.165) is 0 Å². The number of carboxylic acids is 1. The van der Waals surface area contributed by atoms with E-state index in [1.54, 1.807) is 0 Å². The quantitative estimate of drug-likeness (QED) is 0.686. The first-order chi connectivity index (χ1) is 5.39. The van der Waals surface area contributed by atoms with Gasteiger partial charge in [-0.1, -0.05) is 20.8 Å². The Balaban J connectivity index is 2.16. The van der Waals surface area contributed by atoms with Gasteiger partial charge in [-0.2, -0.15) is 0 Å². The molecule has 2 rings (SSSR count). The Labute approximate surface area is 73.0 Å². The smallest absolute Gasteiger partial charge is 0.307 e. The van der Waals surface area contributed by atoms with E-state index < -0.39 is 5.97 Å². The van der Waals surface area contributed by atoms with Crippen molar-refractivity contribution in [2.45, 2.75) is 33.6 Å². The van der Waals surface area contributed by atoms with Crippen LogP contribution in [0.5, 0.6) is 0 Å². The molecule has 0 aliphatic heterocycles. The van der Waals surface area contributed by atoms with Crippen LogP contribution in [0.25, 0.3) is 0 Å². The molecule has 0 aromatic heterocycles. The Kier molecular flexibility index (Phi) is 1.25. The first-order valence-electron chi connectivity index (χ1n) is 4.62. The monoisotopic (exact) mass is 168 g/mol. The second-order valence-electron chi connectivity index (χ2n) is 5.27. The summed E-state index contributed by atoms with van der Waals surface area (Å²) in [6, 6.07) is 0. The molecule has 1 N–H and O–H groups in total. The molecule has 0 amide bonds. The molecule has 0 aromatic rings. The van der Waals surface area contributed by atoms with E-state index in [0.29, 0.717) is 11.3 Å². The summed E-state index contributed by atoms with van der Waals surface area (Å²) in [6.45, 7) is 6.39. The SMILES string of the molecule is CC1(C2C(C(=O)O)C2(C)C)CC1. The van der Waals surface area contributed by atoms with Crippen LogP contribution < -0.4 is 0 Å². The molecule has 68 valence electrons. The van der Waals surface area contributed by atoms with E-state index >= 15 is 0 Å². The van der Waals surface area contributed by atoms with Gasteiger partial charge in [0.15, 0.2) is 0 Å². The third kappa shape index (κ3) is 0.838. The van der Waals surface area contributed by atoms with Crippen LogP contribution in [0.2, 0.25) is 0 Å². The van der Waals surface area contributed by atoms with Crippen molar-refractivity contribution in [2.75, 3.05) is 0 Å². The van der Waals surface area contributed by atoms with Gasteiger partial charge in [0.25, 0.3) is 0 Å². The van der Waals surface area contributed by atoms with Crippen molar-refractivity contribution in [3.05, 3.63) is 0 Å². The molecular weight excluding hydrogens is 152 g/mol. The highest BCUT2D eigenvalue weighted by Gasteiger charge is 2.71.